The standard InChI is InChI=1S/C15H40O5Si6/c1-13-21(2,3)16-22(4,5)14-15-26(12)19-24(8,9)17-23(6,7)18-25(10,11)20-26/h13H,1,14-15H2,2-12H3. The van der Waals surface area contributed by atoms with Gasteiger partial charge in [0.15, 0.2) is 16.6 Å². The topological polar surface area (TPSA) is 46.2 Å². The zero-order chi connectivity index (χ0) is 20.7. The predicted molar refractivity (Wildman–Crippen MR) is 124 cm³/mol. The van der Waals surface area contributed by atoms with Crippen LogP contribution in [0.5, 0.6) is 0 Å². The van der Waals surface area contributed by atoms with Crippen LogP contribution in [0.25, 0.3) is 0 Å². The van der Waals surface area contributed by atoms with Gasteiger partial charge < -0.3 is 20.6 Å². The summed E-state index contributed by atoms with van der Waals surface area (Å²) in [4.78, 5) is 0. The normalized spacial score (nSPS) is 25.2. The van der Waals surface area contributed by atoms with Crippen molar-refractivity contribution in [3.05, 3.63) is 12.3 Å². The van der Waals surface area contributed by atoms with Gasteiger partial charge in [-0.3, -0.25) is 0 Å². The summed E-state index contributed by atoms with van der Waals surface area (Å²) in [5.41, 5.74) is 2.02. The van der Waals surface area contributed by atoms with Crippen LogP contribution in [0.1, 0.15) is 0 Å². The van der Waals surface area contributed by atoms with E-state index in [1.165, 1.54) is 0 Å². The number of hydrogen-bond acceptors (Lipinski definition) is 5. The molecule has 0 radical (unpaired) electrons. The van der Waals surface area contributed by atoms with Crippen LogP contribution < -0.4 is 0 Å². The first-order valence-electron chi connectivity index (χ1n) is 9.45. The van der Waals surface area contributed by atoms with Crippen LogP contribution in [0.3, 0.4) is 0 Å². The highest BCUT2D eigenvalue weighted by molar-refractivity contribution is 6.94. The SMILES string of the molecule is C=C[Si](C)(C)O[Si](C)(C)CC[Si]1(C)O[Si](C)(C)O[Si](C)(C)O[Si](C)(C)O1. The molecule has 1 heterocycles. The molecule has 0 unspecified atom stereocenters. The second kappa shape index (κ2) is 7.93. The molecule has 0 aromatic heterocycles. The highest BCUT2D eigenvalue weighted by atomic mass is 28.5. The van der Waals surface area contributed by atoms with Crippen LogP contribution in [-0.4, -0.2) is 50.9 Å². The zero-order valence-electron chi connectivity index (χ0n) is 18.7. The molecule has 0 aromatic carbocycles. The van der Waals surface area contributed by atoms with E-state index in [9.17, 15) is 0 Å². The van der Waals surface area contributed by atoms with Gasteiger partial charge in [-0.05, 0) is 84.1 Å². The molecular weight excluding hydrogens is 429 g/mol. The van der Waals surface area contributed by atoms with Crippen molar-refractivity contribution in [3.8, 4) is 0 Å². The lowest BCUT2D eigenvalue weighted by Crippen LogP contribution is -2.65. The largest absolute Gasteiger partial charge is 0.453 e. The Morgan fingerprint density at radius 2 is 1.15 bits per heavy atom. The third-order valence-electron chi connectivity index (χ3n) is 4.12. The lowest BCUT2D eigenvalue weighted by Gasteiger charge is -2.48. The van der Waals surface area contributed by atoms with Gasteiger partial charge in [0.1, 0.15) is 0 Å². The van der Waals surface area contributed by atoms with Crippen LogP contribution in [-0.2, 0) is 20.6 Å². The molecule has 1 fully saturated rings. The van der Waals surface area contributed by atoms with E-state index in [0.29, 0.717) is 0 Å². The third kappa shape index (κ3) is 8.47. The van der Waals surface area contributed by atoms with E-state index in [1.807, 2.05) is 5.70 Å². The molecule has 0 N–H and O–H groups in total. The molecule has 11 heteroatoms. The van der Waals surface area contributed by atoms with Gasteiger partial charge in [-0.1, -0.05) is 5.70 Å². The van der Waals surface area contributed by atoms with E-state index in [1.54, 1.807) is 0 Å². The Hall–Kier alpha value is 0.841. The second-order valence-corrected chi connectivity index (χ2v) is 32.8. The predicted octanol–water partition coefficient (Wildman–Crippen LogP) is 5.40. The molecule has 1 aliphatic heterocycles. The van der Waals surface area contributed by atoms with Crippen molar-refractivity contribution in [3.63, 3.8) is 0 Å². The lowest BCUT2D eigenvalue weighted by molar-refractivity contribution is 0.235. The third-order valence-corrected chi connectivity index (χ3v) is 27.8. The summed E-state index contributed by atoms with van der Waals surface area (Å²) < 4.78 is 32.7. The summed E-state index contributed by atoms with van der Waals surface area (Å²) in [6.07, 6.45) is 0. The summed E-state index contributed by atoms with van der Waals surface area (Å²) in [7, 11) is -12.8. The second-order valence-electron chi connectivity index (χ2n) is 9.91. The quantitative estimate of drug-likeness (QED) is 0.489. The Labute approximate surface area is 167 Å². The van der Waals surface area contributed by atoms with Crippen LogP contribution in [0.4, 0.5) is 0 Å². The molecule has 0 aliphatic carbocycles. The van der Waals surface area contributed by atoms with Crippen molar-refractivity contribution < 1.29 is 20.6 Å². The molecule has 1 saturated heterocycles. The average Bonchev–Trinajstić information content (AvgIpc) is 2.29. The molecule has 0 saturated carbocycles. The highest BCUT2D eigenvalue weighted by Crippen LogP contribution is 2.34. The van der Waals surface area contributed by atoms with Gasteiger partial charge in [-0.25, -0.2) is 0 Å². The summed E-state index contributed by atoms with van der Waals surface area (Å²) in [6, 6.07) is 1.95. The Bertz CT molecular complexity index is 499. The molecule has 0 spiro atoms. The molecule has 154 valence electrons. The van der Waals surface area contributed by atoms with Crippen molar-refractivity contribution in [2.24, 2.45) is 0 Å². The van der Waals surface area contributed by atoms with Crippen molar-refractivity contribution in [1.29, 1.82) is 0 Å². The molecule has 0 aromatic rings. The Kier molecular flexibility index (Phi) is 7.59. The fraction of sp³-hybridized carbons (Fsp3) is 0.867. The molecule has 0 amide bonds. The van der Waals surface area contributed by atoms with Gasteiger partial charge in [0, 0.05) is 0 Å². The number of hydrogen-bond donors (Lipinski definition) is 0. The molecule has 1 rings (SSSR count). The van der Waals surface area contributed by atoms with Crippen LogP contribution in [0.2, 0.25) is 84.1 Å². The Morgan fingerprint density at radius 1 is 0.769 bits per heavy atom. The summed E-state index contributed by atoms with van der Waals surface area (Å²) in [5.74, 6) is 0. The van der Waals surface area contributed by atoms with E-state index in [2.05, 4.69) is 78.6 Å². The van der Waals surface area contributed by atoms with Gasteiger partial charge in [0.05, 0.1) is 0 Å². The van der Waals surface area contributed by atoms with Gasteiger partial charge in [0.25, 0.3) is 0 Å². The van der Waals surface area contributed by atoms with Crippen LogP contribution in [0.15, 0.2) is 12.3 Å². The van der Waals surface area contributed by atoms with Crippen LogP contribution >= 0.6 is 0 Å². The van der Waals surface area contributed by atoms with E-state index in [-0.39, 0.29) is 0 Å². The first kappa shape index (κ1) is 24.9. The van der Waals surface area contributed by atoms with Crippen molar-refractivity contribution in [2.75, 3.05) is 0 Å². The maximum atomic E-state index is 6.67. The molecule has 26 heavy (non-hydrogen) atoms. The van der Waals surface area contributed by atoms with E-state index >= 15 is 0 Å². The lowest BCUT2D eigenvalue weighted by atomic mass is 10.9. The van der Waals surface area contributed by atoms with Gasteiger partial charge >= 0.3 is 34.2 Å². The summed E-state index contributed by atoms with van der Waals surface area (Å²) in [5, 5.41) is 0. The number of rotatable bonds is 6. The highest BCUT2D eigenvalue weighted by Gasteiger charge is 2.52. The van der Waals surface area contributed by atoms with Crippen molar-refractivity contribution >= 4 is 50.9 Å². The summed E-state index contributed by atoms with van der Waals surface area (Å²) in [6.45, 7) is 27.8. The maximum Gasteiger partial charge on any atom is 0.317 e. The Morgan fingerprint density at radius 3 is 1.54 bits per heavy atom. The maximum absolute atomic E-state index is 6.67. The minimum Gasteiger partial charge on any atom is -0.453 e. The molecule has 5 nitrogen and oxygen atoms in total. The zero-order valence-corrected chi connectivity index (χ0v) is 24.7. The molecular formula is C15H40O5Si6. The Balaban J connectivity index is 2.96. The van der Waals surface area contributed by atoms with Crippen LogP contribution in [0, 0.1) is 0 Å². The molecule has 1 aliphatic rings. The van der Waals surface area contributed by atoms with Crippen molar-refractivity contribution in [1.82, 2.24) is 0 Å². The fourth-order valence-corrected chi connectivity index (χ4v) is 35.2. The fourth-order valence-electron chi connectivity index (χ4n) is 3.74. The van der Waals surface area contributed by atoms with E-state index < -0.39 is 50.9 Å². The van der Waals surface area contributed by atoms with Gasteiger partial charge in [-0.15, -0.1) is 6.58 Å². The average molecular weight is 469 g/mol. The minimum absolute atomic E-state index is 0.926. The molecule has 0 bridgehead atoms. The van der Waals surface area contributed by atoms with Gasteiger partial charge in [0.2, 0.25) is 0 Å². The first-order chi connectivity index (χ1) is 11.3. The molecule has 0 atom stereocenters. The van der Waals surface area contributed by atoms with Gasteiger partial charge in [-0.2, -0.15) is 0 Å². The summed E-state index contributed by atoms with van der Waals surface area (Å²) >= 11 is 0. The van der Waals surface area contributed by atoms with E-state index in [0.717, 1.165) is 12.1 Å². The monoisotopic (exact) mass is 468 g/mol. The smallest absolute Gasteiger partial charge is 0.317 e. The first-order valence-corrected chi connectivity index (χ1v) is 26.5. The van der Waals surface area contributed by atoms with Crippen molar-refractivity contribution in [2.45, 2.75) is 84.1 Å². The van der Waals surface area contributed by atoms with E-state index in [4.69, 9.17) is 20.6 Å². The minimum atomic E-state index is -2.41.